The molecule has 1 aromatic heterocycles. The van der Waals surface area contributed by atoms with Crippen molar-refractivity contribution < 1.29 is 9.53 Å². The van der Waals surface area contributed by atoms with E-state index in [0.717, 1.165) is 37.7 Å². The van der Waals surface area contributed by atoms with Crippen molar-refractivity contribution in [2.45, 2.75) is 19.3 Å². The Labute approximate surface area is 161 Å². The maximum absolute atomic E-state index is 13.1. The minimum absolute atomic E-state index is 0.0224. The second-order valence-corrected chi connectivity index (χ2v) is 7.56. The van der Waals surface area contributed by atoms with Gasteiger partial charge in [-0.3, -0.25) is 9.69 Å². The molecule has 0 saturated carbocycles. The number of benzene rings is 1. The average Bonchev–Trinajstić information content (AvgIpc) is 2.82. The van der Waals surface area contributed by atoms with Crippen molar-refractivity contribution in [3.63, 3.8) is 0 Å². The summed E-state index contributed by atoms with van der Waals surface area (Å²) in [6.07, 6.45) is 0. The van der Waals surface area contributed by atoms with Crippen molar-refractivity contribution in [3.8, 4) is 0 Å². The molecule has 6 nitrogen and oxygen atoms in total. The number of carbonyl (C=O) groups is 1. The third-order valence-electron chi connectivity index (χ3n) is 4.88. The number of rotatable bonds is 2. The van der Waals surface area contributed by atoms with Gasteiger partial charge in [0.25, 0.3) is 0 Å². The highest BCUT2D eigenvalue weighted by atomic mass is 35.5. The van der Waals surface area contributed by atoms with Crippen LogP contribution >= 0.6 is 23.2 Å². The Morgan fingerprint density at radius 1 is 1.04 bits per heavy atom. The van der Waals surface area contributed by atoms with E-state index in [0.29, 0.717) is 11.4 Å². The minimum Gasteiger partial charge on any atom is -0.378 e. The molecule has 1 amide bonds. The van der Waals surface area contributed by atoms with Crippen LogP contribution in [0.25, 0.3) is 0 Å². The smallest absolute Gasteiger partial charge is 0.243 e. The van der Waals surface area contributed by atoms with Crippen LogP contribution in [-0.4, -0.2) is 42.2 Å². The van der Waals surface area contributed by atoms with Gasteiger partial charge in [-0.1, -0.05) is 11.6 Å². The van der Waals surface area contributed by atoms with Gasteiger partial charge in [-0.25, -0.2) is 4.98 Å². The van der Waals surface area contributed by atoms with Crippen LogP contribution in [0.2, 0.25) is 10.4 Å². The molecular weight excluding hydrogens is 375 g/mol. The normalized spacial score (nSPS) is 19.0. The lowest BCUT2D eigenvalue weighted by molar-refractivity contribution is -0.121. The zero-order valence-corrected chi connectivity index (χ0v) is 16.0. The zero-order chi connectivity index (χ0) is 18.5. The summed E-state index contributed by atoms with van der Waals surface area (Å²) >= 11 is 12.3. The van der Waals surface area contributed by atoms with Crippen molar-refractivity contribution in [2.75, 3.05) is 36.1 Å². The number of hydrogen-bond acceptors (Lipinski definition) is 5. The first-order chi connectivity index (χ1) is 12.4. The fourth-order valence-corrected chi connectivity index (χ4v) is 4.06. The van der Waals surface area contributed by atoms with Crippen LogP contribution in [0.5, 0.6) is 0 Å². The highest BCUT2D eigenvalue weighted by Crippen LogP contribution is 2.47. The Hall–Kier alpha value is -1.89. The summed E-state index contributed by atoms with van der Waals surface area (Å²) in [6, 6.07) is 7.84. The van der Waals surface area contributed by atoms with E-state index < -0.39 is 5.41 Å². The van der Waals surface area contributed by atoms with E-state index in [9.17, 15) is 4.79 Å². The number of fused-ring (bicyclic) bond motifs is 1. The van der Waals surface area contributed by atoms with Gasteiger partial charge in [-0.05, 0) is 49.7 Å². The standard InChI is InChI=1S/C18H18Cl2N4O2/c1-18(2)13-14(19)21-17(20)22-15(13)24(16(18)25)12-5-3-11(4-6-12)23-7-9-26-10-8-23/h3-6H,7-10H2,1-2H3. The summed E-state index contributed by atoms with van der Waals surface area (Å²) in [5, 5.41) is 0.236. The van der Waals surface area contributed by atoms with Gasteiger partial charge in [0.1, 0.15) is 5.15 Å². The van der Waals surface area contributed by atoms with Gasteiger partial charge >= 0.3 is 0 Å². The number of morpholine rings is 1. The first kappa shape index (κ1) is 17.5. The number of nitrogens with zero attached hydrogens (tertiary/aromatic N) is 4. The molecule has 0 bridgehead atoms. The Balaban J connectivity index is 1.73. The van der Waals surface area contributed by atoms with Crippen LogP contribution in [0.3, 0.4) is 0 Å². The largest absolute Gasteiger partial charge is 0.378 e. The quantitative estimate of drug-likeness (QED) is 0.577. The SMILES string of the molecule is CC1(C)C(=O)N(c2ccc(N3CCOCC3)cc2)c2nc(Cl)nc(Cl)c21. The first-order valence-corrected chi connectivity index (χ1v) is 9.16. The van der Waals surface area contributed by atoms with Gasteiger partial charge in [0, 0.05) is 24.3 Å². The van der Waals surface area contributed by atoms with Crippen LogP contribution in [0.4, 0.5) is 17.2 Å². The number of carbonyl (C=O) groups excluding carboxylic acids is 1. The highest BCUT2D eigenvalue weighted by molar-refractivity contribution is 6.34. The second kappa shape index (κ2) is 6.37. The molecule has 2 aliphatic rings. The second-order valence-electron chi connectivity index (χ2n) is 6.86. The molecule has 1 fully saturated rings. The lowest BCUT2D eigenvalue weighted by Gasteiger charge is -2.29. The summed E-state index contributed by atoms with van der Waals surface area (Å²) in [4.78, 5) is 25.2. The van der Waals surface area contributed by atoms with Crippen LogP contribution in [0.1, 0.15) is 19.4 Å². The fraction of sp³-hybridized carbons (Fsp3) is 0.389. The lowest BCUT2D eigenvalue weighted by Crippen LogP contribution is -2.36. The summed E-state index contributed by atoms with van der Waals surface area (Å²) in [5.74, 6) is 0.342. The number of aromatic nitrogens is 2. The third-order valence-corrected chi connectivity index (χ3v) is 5.32. The molecule has 1 aromatic carbocycles. The summed E-state index contributed by atoms with van der Waals surface area (Å²) in [5.41, 5.74) is 1.61. The summed E-state index contributed by atoms with van der Waals surface area (Å²) in [6.45, 7) is 6.80. The van der Waals surface area contributed by atoms with E-state index in [-0.39, 0.29) is 16.3 Å². The molecule has 4 rings (SSSR count). The molecule has 2 aliphatic heterocycles. The number of amides is 1. The molecule has 0 spiro atoms. The molecule has 0 atom stereocenters. The number of hydrogen-bond donors (Lipinski definition) is 0. The van der Waals surface area contributed by atoms with Crippen LogP contribution in [0.15, 0.2) is 24.3 Å². The van der Waals surface area contributed by atoms with Gasteiger partial charge < -0.3 is 9.64 Å². The van der Waals surface area contributed by atoms with E-state index in [1.807, 2.05) is 38.1 Å². The minimum atomic E-state index is -0.820. The van der Waals surface area contributed by atoms with Crippen molar-refractivity contribution in [3.05, 3.63) is 40.3 Å². The maximum Gasteiger partial charge on any atom is 0.243 e. The van der Waals surface area contributed by atoms with Crippen molar-refractivity contribution in [2.24, 2.45) is 0 Å². The molecule has 3 heterocycles. The number of ether oxygens (including phenoxy) is 1. The summed E-state index contributed by atoms with van der Waals surface area (Å²) < 4.78 is 5.39. The zero-order valence-electron chi connectivity index (χ0n) is 14.5. The molecule has 26 heavy (non-hydrogen) atoms. The number of anilines is 3. The van der Waals surface area contributed by atoms with Crippen molar-refractivity contribution in [1.82, 2.24) is 9.97 Å². The third kappa shape index (κ3) is 2.73. The van der Waals surface area contributed by atoms with Crippen LogP contribution < -0.4 is 9.80 Å². The summed E-state index contributed by atoms with van der Waals surface area (Å²) in [7, 11) is 0. The monoisotopic (exact) mass is 392 g/mol. The van der Waals surface area contributed by atoms with Gasteiger partial charge in [0.05, 0.1) is 24.3 Å². The van der Waals surface area contributed by atoms with Gasteiger partial charge in [-0.15, -0.1) is 0 Å². The molecule has 0 radical (unpaired) electrons. The predicted octanol–water partition coefficient (Wildman–Crippen LogP) is 3.58. The fourth-order valence-electron chi connectivity index (χ4n) is 3.45. The maximum atomic E-state index is 13.1. The van der Waals surface area contributed by atoms with Crippen molar-refractivity contribution >= 4 is 46.3 Å². The first-order valence-electron chi connectivity index (χ1n) is 8.40. The van der Waals surface area contributed by atoms with E-state index in [1.165, 1.54) is 0 Å². The van der Waals surface area contributed by atoms with E-state index in [1.54, 1.807) is 4.90 Å². The topological polar surface area (TPSA) is 58.6 Å². The van der Waals surface area contributed by atoms with Crippen LogP contribution in [-0.2, 0) is 14.9 Å². The Morgan fingerprint density at radius 3 is 2.31 bits per heavy atom. The Kier molecular flexibility index (Phi) is 4.29. The van der Waals surface area contributed by atoms with Crippen molar-refractivity contribution in [1.29, 1.82) is 0 Å². The van der Waals surface area contributed by atoms with Crippen LogP contribution in [0, 0.1) is 0 Å². The average molecular weight is 393 g/mol. The van der Waals surface area contributed by atoms with Gasteiger partial charge in [-0.2, -0.15) is 4.98 Å². The molecule has 1 saturated heterocycles. The molecule has 2 aromatic rings. The molecule has 0 aliphatic carbocycles. The Bertz CT molecular complexity index is 864. The lowest BCUT2D eigenvalue weighted by atomic mass is 9.88. The van der Waals surface area contributed by atoms with Gasteiger partial charge in [0.15, 0.2) is 5.82 Å². The molecule has 0 unspecified atom stereocenters. The predicted molar refractivity (Wildman–Crippen MR) is 102 cm³/mol. The highest BCUT2D eigenvalue weighted by Gasteiger charge is 2.48. The van der Waals surface area contributed by atoms with Gasteiger partial charge in [0.2, 0.25) is 11.2 Å². The molecule has 136 valence electrons. The molecule has 8 heteroatoms. The number of halogens is 2. The van der Waals surface area contributed by atoms with E-state index in [4.69, 9.17) is 27.9 Å². The molecule has 0 N–H and O–H groups in total. The molecular formula is C18H18Cl2N4O2. The van der Waals surface area contributed by atoms with E-state index >= 15 is 0 Å². The Morgan fingerprint density at radius 2 is 1.65 bits per heavy atom. The van der Waals surface area contributed by atoms with E-state index in [2.05, 4.69) is 14.9 Å².